The Morgan fingerprint density at radius 1 is 1.19 bits per heavy atom. The average Bonchev–Trinajstić information content (AvgIpc) is 3.29. The number of carbonyl (C=O) groups excluding carboxylic acids is 2. The van der Waals surface area contributed by atoms with E-state index in [1.54, 1.807) is 35.4 Å². The van der Waals surface area contributed by atoms with E-state index in [9.17, 15) is 9.59 Å². The van der Waals surface area contributed by atoms with E-state index in [0.29, 0.717) is 43.6 Å². The number of fused-ring (bicyclic) bond motifs is 1. The number of urea groups is 1. The van der Waals surface area contributed by atoms with Crippen LogP contribution < -0.4 is 25.0 Å². The van der Waals surface area contributed by atoms with Crippen molar-refractivity contribution >= 4 is 17.6 Å². The standard InChI is InChI=1S/C18H19N3O5/c22-17-8-12(20-18(23)19-10-14-2-1-5-24-14)11-21(17)13-3-4-15-16(9-13)26-7-6-25-15/h1-5,9,12H,6-8,10-11H2,(H2,19,20,23). The van der Waals surface area contributed by atoms with Gasteiger partial charge in [-0.15, -0.1) is 0 Å². The van der Waals surface area contributed by atoms with E-state index in [0.717, 1.165) is 5.69 Å². The van der Waals surface area contributed by atoms with Crippen molar-refractivity contribution in [2.45, 2.75) is 19.0 Å². The van der Waals surface area contributed by atoms with E-state index in [1.165, 1.54) is 0 Å². The number of carbonyl (C=O) groups is 2. The van der Waals surface area contributed by atoms with Crippen LogP contribution in [0.4, 0.5) is 10.5 Å². The average molecular weight is 357 g/mol. The second kappa shape index (κ2) is 6.99. The van der Waals surface area contributed by atoms with Gasteiger partial charge in [0.15, 0.2) is 11.5 Å². The van der Waals surface area contributed by atoms with Crippen LogP contribution in [0.1, 0.15) is 12.2 Å². The number of rotatable bonds is 4. The Bertz CT molecular complexity index is 805. The Balaban J connectivity index is 1.35. The summed E-state index contributed by atoms with van der Waals surface area (Å²) in [5.41, 5.74) is 0.736. The maximum atomic E-state index is 12.3. The molecule has 1 atom stereocenters. The minimum Gasteiger partial charge on any atom is -0.486 e. The first-order chi connectivity index (χ1) is 12.7. The molecule has 2 aliphatic rings. The molecule has 2 aliphatic heterocycles. The summed E-state index contributed by atoms with van der Waals surface area (Å²) in [7, 11) is 0. The van der Waals surface area contributed by atoms with Crippen LogP contribution in [0.2, 0.25) is 0 Å². The Morgan fingerprint density at radius 2 is 2.04 bits per heavy atom. The lowest BCUT2D eigenvalue weighted by atomic mass is 10.2. The van der Waals surface area contributed by atoms with Crippen LogP contribution in [0.25, 0.3) is 0 Å². The molecule has 1 unspecified atom stereocenters. The molecule has 8 heteroatoms. The molecular weight excluding hydrogens is 338 g/mol. The number of hydrogen-bond donors (Lipinski definition) is 2. The third-order valence-corrected chi connectivity index (χ3v) is 4.30. The Morgan fingerprint density at radius 3 is 2.85 bits per heavy atom. The number of hydrogen-bond acceptors (Lipinski definition) is 5. The summed E-state index contributed by atoms with van der Waals surface area (Å²) in [5.74, 6) is 1.94. The molecular formula is C18H19N3O5. The zero-order chi connectivity index (χ0) is 17.9. The molecule has 3 amide bonds. The molecule has 1 aromatic carbocycles. The molecule has 2 aromatic rings. The van der Waals surface area contributed by atoms with E-state index in [2.05, 4.69) is 10.6 Å². The van der Waals surface area contributed by atoms with Crippen molar-refractivity contribution in [3.63, 3.8) is 0 Å². The zero-order valence-corrected chi connectivity index (χ0v) is 14.1. The van der Waals surface area contributed by atoms with Crippen LogP contribution in [0.15, 0.2) is 41.0 Å². The quantitative estimate of drug-likeness (QED) is 0.868. The molecule has 0 saturated carbocycles. The first kappa shape index (κ1) is 16.3. The lowest BCUT2D eigenvalue weighted by Gasteiger charge is -2.22. The van der Waals surface area contributed by atoms with Gasteiger partial charge < -0.3 is 29.4 Å². The van der Waals surface area contributed by atoms with Gasteiger partial charge in [0.05, 0.1) is 18.8 Å². The van der Waals surface area contributed by atoms with Crippen molar-refractivity contribution in [3.05, 3.63) is 42.4 Å². The second-order valence-electron chi connectivity index (χ2n) is 6.14. The maximum Gasteiger partial charge on any atom is 0.315 e. The van der Waals surface area contributed by atoms with Crippen molar-refractivity contribution in [1.29, 1.82) is 0 Å². The molecule has 4 rings (SSSR count). The Labute approximate surface area is 150 Å². The van der Waals surface area contributed by atoms with Gasteiger partial charge in [-0.05, 0) is 24.3 Å². The van der Waals surface area contributed by atoms with Gasteiger partial charge in [0.1, 0.15) is 19.0 Å². The van der Waals surface area contributed by atoms with Gasteiger partial charge in [0, 0.05) is 24.7 Å². The predicted molar refractivity (Wildman–Crippen MR) is 92.3 cm³/mol. The molecule has 1 saturated heterocycles. The molecule has 8 nitrogen and oxygen atoms in total. The first-order valence-electron chi connectivity index (χ1n) is 8.46. The summed E-state index contributed by atoms with van der Waals surface area (Å²) < 4.78 is 16.2. The van der Waals surface area contributed by atoms with E-state index in [1.807, 2.05) is 6.07 Å². The van der Waals surface area contributed by atoms with Crippen LogP contribution in [0, 0.1) is 0 Å². The molecule has 0 bridgehead atoms. The highest BCUT2D eigenvalue weighted by atomic mass is 16.6. The van der Waals surface area contributed by atoms with Crippen LogP contribution in [0.5, 0.6) is 11.5 Å². The first-order valence-corrected chi connectivity index (χ1v) is 8.46. The topological polar surface area (TPSA) is 93.0 Å². The fourth-order valence-corrected chi connectivity index (χ4v) is 3.07. The van der Waals surface area contributed by atoms with Crippen molar-refractivity contribution in [2.75, 3.05) is 24.7 Å². The number of anilines is 1. The molecule has 1 fully saturated rings. The maximum absolute atomic E-state index is 12.3. The summed E-state index contributed by atoms with van der Waals surface area (Å²) in [4.78, 5) is 26.0. The van der Waals surface area contributed by atoms with E-state index < -0.39 is 0 Å². The van der Waals surface area contributed by atoms with Crippen molar-refractivity contribution in [1.82, 2.24) is 10.6 Å². The molecule has 0 radical (unpaired) electrons. The number of ether oxygens (including phenoxy) is 2. The number of benzene rings is 1. The second-order valence-corrected chi connectivity index (χ2v) is 6.14. The largest absolute Gasteiger partial charge is 0.486 e. The van der Waals surface area contributed by atoms with Crippen LogP contribution in [0.3, 0.4) is 0 Å². The Hall–Kier alpha value is -3.16. The highest BCUT2D eigenvalue weighted by Gasteiger charge is 2.32. The van der Waals surface area contributed by atoms with Gasteiger partial charge in [-0.1, -0.05) is 0 Å². The van der Waals surface area contributed by atoms with E-state index in [-0.39, 0.29) is 24.4 Å². The van der Waals surface area contributed by atoms with Crippen molar-refractivity contribution < 1.29 is 23.5 Å². The summed E-state index contributed by atoms with van der Waals surface area (Å²) in [6, 6.07) is 8.37. The highest BCUT2D eigenvalue weighted by Crippen LogP contribution is 2.35. The van der Waals surface area contributed by atoms with Gasteiger partial charge in [0.25, 0.3) is 0 Å². The van der Waals surface area contributed by atoms with Gasteiger partial charge in [0.2, 0.25) is 5.91 Å². The number of nitrogens with one attached hydrogen (secondary N) is 2. The summed E-state index contributed by atoms with van der Waals surface area (Å²) in [6.45, 7) is 1.72. The van der Waals surface area contributed by atoms with Crippen molar-refractivity contribution in [3.8, 4) is 11.5 Å². The third-order valence-electron chi connectivity index (χ3n) is 4.30. The highest BCUT2D eigenvalue weighted by molar-refractivity contribution is 5.97. The van der Waals surface area contributed by atoms with E-state index in [4.69, 9.17) is 13.9 Å². The van der Waals surface area contributed by atoms with Gasteiger partial charge in [-0.2, -0.15) is 0 Å². The normalized spacial score (nSPS) is 18.7. The van der Waals surface area contributed by atoms with Crippen LogP contribution in [-0.4, -0.2) is 37.7 Å². The number of amides is 3. The van der Waals surface area contributed by atoms with Crippen molar-refractivity contribution in [2.24, 2.45) is 0 Å². The lowest BCUT2D eigenvalue weighted by Crippen LogP contribution is -2.43. The van der Waals surface area contributed by atoms with Gasteiger partial charge in [-0.3, -0.25) is 4.79 Å². The monoisotopic (exact) mass is 357 g/mol. The van der Waals surface area contributed by atoms with Crippen LogP contribution in [-0.2, 0) is 11.3 Å². The molecule has 1 aromatic heterocycles. The fraction of sp³-hybridized carbons (Fsp3) is 0.333. The fourth-order valence-electron chi connectivity index (χ4n) is 3.07. The minimum absolute atomic E-state index is 0.0435. The van der Waals surface area contributed by atoms with Crippen LogP contribution >= 0.6 is 0 Å². The number of nitrogens with zero attached hydrogens (tertiary/aromatic N) is 1. The summed E-state index contributed by atoms with van der Waals surface area (Å²) in [6.07, 6.45) is 1.80. The molecule has 0 aliphatic carbocycles. The third kappa shape index (κ3) is 3.44. The molecule has 2 N–H and O–H groups in total. The smallest absolute Gasteiger partial charge is 0.315 e. The lowest BCUT2D eigenvalue weighted by molar-refractivity contribution is -0.117. The zero-order valence-electron chi connectivity index (χ0n) is 14.1. The predicted octanol–water partition coefficient (Wildman–Crippen LogP) is 1.66. The molecule has 136 valence electrons. The Kier molecular flexibility index (Phi) is 4.39. The van der Waals surface area contributed by atoms with E-state index >= 15 is 0 Å². The minimum atomic E-state index is -0.330. The SMILES string of the molecule is O=C(NCc1ccco1)NC1CC(=O)N(c2ccc3c(c2)OCCO3)C1. The summed E-state index contributed by atoms with van der Waals surface area (Å²) >= 11 is 0. The number of furan rings is 1. The molecule has 26 heavy (non-hydrogen) atoms. The van der Waals surface area contributed by atoms with Gasteiger partial charge >= 0.3 is 6.03 Å². The summed E-state index contributed by atoms with van der Waals surface area (Å²) in [5, 5.41) is 5.54. The molecule has 3 heterocycles. The molecule has 0 spiro atoms. The van der Waals surface area contributed by atoms with Gasteiger partial charge in [-0.25, -0.2) is 4.79 Å².